The van der Waals surface area contributed by atoms with Crippen LogP contribution in [0.15, 0.2) is 16.6 Å². The van der Waals surface area contributed by atoms with E-state index in [1.54, 1.807) is 0 Å². The lowest BCUT2D eigenvalue weighted by molar-refractivity contribution is -0.0169. The SMILES string of the molecule is CNCc1cc(Br)c2c(c1)COCO2. The third-order valence-corrected chi connectivity index (χ3v) is 2.69. The highest BCUT2D eigenvalue weighted by Crippen LogP contribution is 2.33. The molecule has 1 aliphatic rings. The summed E-state index contributed by atoms with van der Waals surface area (Å²) in [6.07, 6.45) is 0. The van der Waals surface area contributed by atoms with Crippen LogP contribution in [0.4, 0.5) is 0 Å². The van der Waals surface area contributed by atoms with Crippen LogP contribution < -0.4 is 10.1 Å². The molecule has 4 heteroatoms. The molecular formula is C10H12BrNO2. The van der Waals surface area contributed by atoms with Crippen LogP contribution in [0.5, 0.6) is 5.75 Å². The second-order valence-electron chi connectivity index (χ2n) is 3.21. The number of fused-ring (bicyclic) bond motifs is 1. The largest absolute Gasteiger partial charge is 0.466 e. The van der Waals surface area contributed by atoms with Gasteiger partial charge in [0, 0.05) is 12.1 Å². The second kappa shape index (κ2) is 4.29. The maximum absolute atomic E-state index is 5.40. The van der Waals surface area contributed by atoms with Gasteiger partial charge in [-0.1, -0.05) is 0 Å². The summed E-state index contributed by atoms with van der Waals surface area (Å²) in [7, 11) is 1.93. The van der Waals surface area contributed by atoms with Crippen LogP contribution in [-0.2, 0) is 17.9 Å². The maximum Gasteiger partial charge on any atom is 0.189 e. The van der Waals surface area contributed by atoms with Gasteiger partial charge in [-0.15, -0.1) is 0 Å². The average molecular weight is 258 g/mol. The molecule has 0 aromatic heterocycles. The Bertz CT molecular complexity index is 341. The highest BCUT2D eigenvalue weighted by Gasteiger charge is 2.14. The zero-order chi connectivity index (χ0) is 9.97. The average Bonchev–Trinajstić information content (AvgIpc) is 2.18. The summed E-state index contributed by atoms with van der Waals surface area (Å²) in [5, 5.41) is 3.12. The van der Waals surface area contributed by atoms with Crippen molar-refractivity contribution in [3.05, 3.63) is 27.7 Å². The number of benzene rings is 1. The van der Waals surface area contributed by atoms with E-state index in [9.17, 15) is 0 Å². The zero-order valence-electron chi connectivity index (χ0n) is 7.97. The molecule has 1 N–H and O–H groups in total. The Balaban J connectivity index is 2.36. The van der Waals surface area contributed by atoms with Crippen LogP contribution in [0.25, 0.3) is 0 Å². The number of nitrogens with one attached hydrogen (secondary N) is 1. The normalized spacial score (nSPS) is 14.7. The first-order chi connectivity index (χ1) is 6.81. The van der Waals surface area contributed by atoms with E-state index in [1.165, 1.54) is 5.56 Å². The molecule has 0 fully saturated rings. The Morgan fingerprint density at radius 1 is 1.50 bits per heavy atom. The molecule has 1 aromatic rings. The lowest BCUT2D eigenvalue weighted by atomic mass is 10.1. The molecule has 0 unspecified atom stereocenters. The van der Waals surface area contributed by atoms with Gasteiger partial charge < -0.3 is 14.8 Å². The Kier molecular flexibility index (Phi) is 3.05. The van der Waals surface area contributed by atoms with Crippen molar-refractivity contribution < 1.29 is 9.47 Å². The topological polar surface area (TPSA) is 30.5 Å². The maximum atomic E-state index is 5.40. The quantitative estimate of drug-likeness (QED) is 0.880. The van der Waals surface area contributed by atoms with Crippen molar-refractivity contribution in [3.8, 4) is 5.75 Å². The first-order valence-electron chi connectivity index (χ1n) is 4.47. The van der Waals surface area contributed by atoms with Crippen LogP contribution in [0.3, 0.4) is 0 Å². The fourth-order valence-electron chi connectivity index (χ4n) is 1.54. The fourth-order valence-corrected chi connectivity index (χ4v) is 2.20. The second-order valence-corrected chi connectivity index (χ2v) is 4.06. The van der Waals surface area contributed by atoms with Crippen LogP contribution in [0, 0.1) is 0 Å². The standard InChI is InChI=1S/C10H12BrNO2/c1-12-4-7-2-8-5-13-6-14-10(8)9(11)3-7/h2-3,12H,4-6H2,1H3. The lowest BCUT2D eigenvalue weighted by Gasteiger charge is -2.19. The van der Waals surface area contributed by atoms with Gasteiger partial charge in [0.15, 0.2) is 6.79 Å². The molecule has 0 aliphatic carbocycles. The van der Waals surface area contributed by atoms with Crippen molar-refractivity contribution in [2.45, 2.75) is 13.2 Å². The highest BCUT2D eigenvalue weighted by atomic mass is 79.9. The zero-order valence-corrected chi connectivity index (χ0v) is 9.56. The Hall–Kier alpha value is -0.580. The highest BCUT2D eigenvalue weighted by molar-refractivity contribution is 9.10. The van der Waals surface area contributed by atoms with Crippen molar-refractivity contribution >= 4 is 15.9 Å². The lowest BCUT2D eigenvalue weighted by Crippen LogP contribution is -2.13. The molecule has 0 saturated carbocycles. The van der Waals surface area contributed by atoms with Gasteiger partial charge in [0.05, 0.1) is 11.1 Å². The Labute approximate surface area is 91.5 Å². The molecule has 1 aliphatic heterocycles. The molecule has 1 aromatic carbocycles. The Morgan fingerprint density at radius 3 is 3.14 bits per heavy atom. The summed E-state index contributed by atoms with van der Waals surface area (Å²) in [6.45, 7) is 1.83. The van der Waals surface area contributed by atoms with Crippen molar-refractivity contribution in [2.75, 3.05) is 13.8 Å². The predicted molar refractivity (Wildman–Crippen MR) is 57.2 cm³/mol. The molecule has 2 rings (SSSR count). The smallest absolute Gasteiger partial charge is 0.189 e. The third kappa shape index (κ3) is 1.92. The monoisotopic (exact) mass is 257 g/mol. The van der Waals surface area contributed by atoms with E-state index >= 15 is 0 Å². The Morgan fingerprint density at radius 2 is 2.36 bits per heavy atom. The van der Waals surface area contributed by atoms with Gasteiger partial charge in [-0.3, -0.25) is 0 Å². The molecule has 0 atom stereocenters. The van der Waals surface area contributed by atoms with E-state index in [0.29, 0.717) is 13.4 Å². The number of rotatable bonds is 2. The summed E-state index contributed by atoms with van der Waals surface area (Å²) in [5.74, 6) is 0.913. The molecule has 14 heavy (non-hydrogen) atoms. The van der Waals surface area contributed by atoms with Crippen molar-refractivity contribution in [3.63, 3.8) is 0 Å². The van der Waals surface area contributed by atoms with Crippen molar-refractivity contribution in [1.82, 2.24) is 5.32 Å². The van der Waals surface area contributed by atoms with Crippen LogP contribution in [0.2, 0.25) is 0 Å². The molecule has 1 heterocycles. The summed E-state index contributed by atoms with van der Waals surface area (Å²) in [6, 6.07) is 4.18. The summed E-state index contributed by atoms with van der Waals surface area (Å²) >= 11 is 3.49. The van der Waals surface area contributed by atoms with Gasteiger partial charge >= 0.3 is 0 Å². The van der Waals surface area contributed by atoms with Gasteiger partial charge in [0.2, 0.25) is 0 Å². The molecule has 76 valence electrons. The molecule has 3 nitrogen and oxygen atoms in total. The van der Waals surface area contributed by atoms with E-state index in [0.717, 1.165) is 22.3 Å². The molecule has 0 bridgehead atoms. The van der Waals surface area contributed by atoms with Crippen LogP contribution >= 0.6 is 15.9 Å². The summed E-state index contributed by atoms with van der Waals surface area (Å²) in [5.41, 5.74) is 2.34. The van der Waals surface area contributed by atoms with Gasteiger partial charge in [-0.2, -0.15) is 0 Å². The molecular weight excluding hydrogens is 246 g/mol. The van der Waals surface area contributed by atoms with E-state index in [-0.39, 0.29) is 0 Å². The number of hydrogen-bond acceptors (Lipinski definition) is 3. The minimum absolute atomic E-state index is 0.344. The first kappa shape index (κ1) is 9.96. The third-order valence-electron chi connectivity index (χ3n) is 2.11. The minimum atomic E-state index is 0.344. The summed E-state index contributed by atoms with van der Waals surface area (Å²) < 4.78 is 11.6. The van der Waals surface area contributed by atoms with Gasteiger partial charge in [-0.05, 0) is 40.7 Å². The summed E-state index contributed by atoms with van der Waals surface area (Å²) in [4.78, 5) is 0. The minimum Gasteiger partial charge on any atom is -0.466 e. The number of ether oxygens (including phenoxy) is 2. The molecule has 0 radical (unpaired) electrons. The van der Waals surface area contributed by atoms with E-state index in [4.69, 9.17) is 9.47 Å². The van der Waals surface area contributed by atoms with E-state index in [2.05, 4.69) is 33.4 Å². The van der Waals surface area contributed by atoms with Crippen LogP contribution in [-0.4, -0.2) is 13.8 Å². The number of hydrogen-bond donors (Lipinski definition) is 1. The van der Waals surface area contributed by atoms with Crippen molar-refractivity contribution in [2.24, 2.45) is 0 Å². The van der Waals surface area contributed by atoms with E-state index in [1.807, 2.05) is 7.05 Å². The van der Waals surface area contributed by atoms with Crippen LogP contribution in [0.1, 0.15) is 11.1 Å². The molecule has 0 spiro atoms. The predicted octanol–water partition coefficient (Wildman–Crippen LogP) is 2.04. The van der Waals surface area contributed by atoms with Gasteiger partial charge in [-0.25, -0.2) is 0 Å². The van der Waals surface area contributed by atoms with Crippen molar-refractivity contribution in [1.29, 1.82) is 0 Å². The molecule has 0 amide bonds. The fraction of sp³-hybridized carbons (Fsp3) is 0.400. The first-order valence-corrected chi connectivity index (χ1v) is 5.27. The van der Waals surface area contributed by atoms with E-state index < -0.39 is 0 Å². The number of halogens is 1. The van der Waals surface area contributed by atoms with Gasteiger partial charge in [0.1, 0.15) is 5.75 Å². The van der Waals surface area contributed by atoms with Gasteiger partial charge in [0.25, 0.3) is 0 Å². The molecule has 0 saturated heterocycles.